The van der Waals surface area contributed by atoms with Gasteiger partial charge in [0, 0.05) is 6.54 Å². The summed E-state index contributed by atoms with van der Waals surface area (Å²) in [5, 5.41) is 11.1. The highest BCUT2D eigenvalue weighted by Gasteiger charge is 2.35. The molecular formula is C17H31N3O4. The quantitative estimate of drug-likeness (QED) is 0.667. The van der Waals surface area contributed by atoms with E-state index in [9.17, 15) is 14.4 Å². The molecule has 1 aliphatic heterocycles. The maximum Gasteiger partial charge on any atom is 0.325 e. The van der Waals surface area contributed by atoms with Crippen molar-refractivity contribution in [3.63, 3.8) is 0 Å². The molecule has 2 amide bonds. The first-order valence-corrected chi connectivity index (χ1v) is 7.91. The fourth-order valence-electron chi connectivity index (χ4n) is 1.94. The Kier molecular flexibility index (Phi) is 13.4. The van der Waals surface area contributed by atoms with Crippen LogP contribution < -0.4 is 11.1 Å². The summed E-state index contributed by atoms with van der Waals surface area (Å²) in [5.74, 6) is -1.82. The molecule has 1 heterocycles. The zero-order valence-corrected chi connectivity index (χ0v) is 15.1. The second-order valence-corrected chi connectivity index (χ2v) is 5.36. The van der Waals surface area contributed by atoms with Gasteiger partial charge in [0.05, 0.1) is 6.04 Å². The van der Waals surface area contributed by atoms with Gasteiger partial charge in [-0.1, -0.05) is 12.2 Å². The second kappa shape index (κ2) is 13.3. The van der Waals surface area contributed by atoms with Crippen LogP contribution in [0.2, 0.25) is 0 Å². The highest BCUT2D eigenvalue weighted by atomic mass is 16.4. The van der Waals surface area contributed by atoms with Gasteiger partial charge in [0.25, 0.3) is 0 Å². The normalized spacial score (nSPS) is 17.9. The van der Waals surface area contributed by atoms with Gasteiger partial charge in [0.1, 0.15) is 12.1 Å². The number of aliphatic carboxylic acids is 1. The maximum atomic E-state index is 11.9. The molecule has 1 aliphatic rings. The van der Waals surface area contributed by atoms with Gasteiger partial charge in [0.15, 0.2) is 0 Å². The molecule has 3 atom stereocenters. The van der Waals surface area contributed by atoms with Crippen LogP contribution in [0.5, 0.6) is 0 Å². The Bertz CT molecular complexity index is 430. The van der Waals surface area contributed by atoms with Crippen LogP contribution in [0, 0.1) is 0 Å². The van der Waals surface area contributed by atoms with Crippen molar-refractivity contribution in [3.05, 3.63) is 25.3 Å². The van der Waals surface area contributed by atoms with E-state index < -0.39 is 30.0 Å². The number of nitrogens with one attached hydrogen (secondary N) is 1. The Hall–Kier alpha value is -2.15. The lowest BCUT2D eigenvalue weighted by Crippen LogP contribution is -2.52. The largest absolute Gasteiger partial charge is 0.480 e. The Morgan fingerprint density at radius 2 is 1.71 bits per heavy atom. The lowest BCUT2D eigenvalue weighted by molar-refractivity contribution is -0.143. The molecule has 7 nitrogen and oxygen atoms in total. The summed E-state index contributed by atoms with van der Waals surface area (Å²) >= 11 is 0. The van der Waals surface area contributed by atoms with Crippen LogP contribution in [0.15, 0.2) is 25.3 Å². The average molecular weight is 341 g/mol. The van der Waals surface area contributed by atoms with Crippen LogP contribution in [0.25, 0.3) is 0 Å². The van der Waals surface area contributed by atoms with Crippen LogP contribution in [0.4, 0.5) is 0 Å². The summed E-state index contributed by atoms with van der Waals surface area (Å²) < 4.78 is 0. The van der Waals surface area contributed by atoms with Gasteiger partial charge in [-0.05, 0) is 40.5 Å². The van der Waals surface area contributed by atoms with Crippen molar-refractivity contribution in [3.8, 4) is 0 Å². The average Bonchev–Trinajstić information content (AvgIpc) is 2.97. The minimum Gasteiger partial charge on any atom is -0.480 e. The van der Waals surface area contributed by atoms with E-state index in [1.165, 1.54) is 11.8 Å². The molecule has 4 N–H and O–H groups in total. The van der Waals surface area contributed by atoms with E-state index >= 15 is 0 Å². The standard InChI is InChI=1S/C11H19N3O4.2C3H6/c1-6(12)10(16)14-5-3-4-8(14)9(15)13-7(2)11(17)18;2*1-3-2/h6-8H,3-5,12H2,1-2H3,(H,13,15)(H,17,18);2*3H,1H2,2H3. The van der Waals surface area contributed by atoms with Gasteiger partial charge < -0.3 is 21.1 Å². The highest BCUT2D eigenvalue weighted by Crippen LogP contribution is 2.18. The van der Waals surface area contributed by atoms with E-state index in [-0.39, 0.29) is 5.91 Å². The van der Waals surface area contributed by atoms with Gasteiger partial charge in [-0.25, -0.2) is 0 Å². The summed E-state index contributed by atoms with van der Waals surface area (Å²) in [4.78, 5) is 35.8. The first-order valence-electron chi connectivity index (χ1n) is 7.91. The molecule has 1 rings (SSSR count). The number of hydrogen-bond acceptors (Lipinski definition) is 4. The number of carbonyl (C=O) groups is 3. The van der Waals surface area contributed by atoms with E-state index in [1.54, 1.807) is 19.1 Å². The number of nitrogens with two attached hydrogens (primary N) is 1. The number of hydrogen-bond donors (Lipinski definition) is 3. The SMILES string of the molecule is C=CC.C=CC.CC(N)C(=O)N1CCCC1C(=O)NC(C)C(=O)O. The number of amides is 2. The van der Waals surface area contributed by atoms with Crippen LogP contribution in [-0.4, -0.2) is 52.5 Å². The third-order valence-electron chi connectivity index (χ3n) is 2.96. The van der Waals surface area contributed by atoms with E-state index in [0.29, 0.717) is 13.0 Å². The molecule has 138 valence electrons. The number of allylic oxidation sites excluding steroid dienone is 2. The molecule has 0 aromatic carbocycles. The van der Waals surface area contributed by atoms with Crippen molar-refractivity contribution in [1.29, 1.82) is 0 Å². The Labute approximate surface area is 144 Å². The first-order chi connectivity index (χ1) is 11.2. The van der Waals surface area contributed by atoms with E-state index in [4.69, 9.17) is 10.8 Å². The topological polar surface area (TPSA) is 113 Å². The third-order valence-corrected chi connectivity index (χ3v) is 2.96. The molecule has 0 saturated carbocycles. The minimum absolute atomic E-state index is 0.282. The monoisotopic (exact) mass is 341 g/mol. The smallest absolute Gasteiger partial charge is 0.325 e. The number of carboxylic acids is 1. The Balaban J connectivity index is 0. The fourth-order valence-corrected chi connectivity index (χ4v) is 1.94. The molecule has 0 bridgehead atoms. The molecule has 0 aromatic rings. The number of carbonyl (C=O) groups excluding carboxylic acids is 2. The summed E-state index contributed by atoms with van der Waals surface area (Å²) in [6.45, 7) is 13.9. The molecular weight excluding hydrogens is 310 g/mol. The predicted molar refractivity (Wildman–Crippen MR) is 95.4 cm³/mol. The van der Waals surface area contributed by atoms with Crippen molar-refractivity contribution in [1.82, 2.24) is 10.2 Å². The zero-order chi connectivity index (χ0) is 19.3. The number of carboxylic acid groups (broad SMARTS) is 1. The van der Waals surface area contributed by atoms with Crippen molar-refractivity contribution in [2.24, 2.45) is 5.73 Å². The molecule has 24 heavy (non-hydrogen) atoms. The van der Waals surface area contributed by atoms with Crippen LogP contribution >= 0.6 is 0 Å². The molecule has 0 aromatic heterocycles. The van der Waals surface area contributed by atoms with E-state index in [0.717, 1.165) is 6.42 Å². The summed E-state index contributed by atoms with van der Waals surface area (Å²) in [6, 6.07) is -2.23. The first kappa shape index (κ1) is 24.1. The number of likely N-dealkylation sites (tertiary alicyclic amines) is 1. The van der Waals surface area contributed by atoms with Gasteiger partial charge in [-0.15, -0.1) is 13.2 Å². The van der Waals surface area contributed by atoms with Gasteiger partial charge in [-0.3, -0.25) is 14.4 Å². The van der Waals surface area contributed by atoms with E-state index in [2.05, 4.69) is 18.5 Å². The fraction of sp³-hybridized carbons (Fsp3) is 0.588. The third kappa shape index (κ3) is 9.09. The van der Waals surface area contributed by atoms with Gasteiger partial charge in [-0.2, -0.15) is 0 Å². The van der Waals surface area contributed by atoms with Crippen molar-refractivity contribution >= 4 is 17.8 Å². The van der Waals surface area contributed by atoms with Gasteiger partial charge >= 0.3 is 5.97 Å². The van der Waals surface area contributed by atoms with Crippen molar-refractivity contribution in [2.75, 3.05) is 6.54 Å². The highest BCUT2D eigenvalue weighted by molar-refractivity contribution is 5.92. The minimum atomic E-state index is -1.11. The van der Waals surface area contributed by atoms with Crippen molar-refractivity contribution in [2.45, 2.75) is 58.7 Å². The molecule has 0 spiro atoms. The molecule has 1 saturated heterocycles. The molecule has 1 fully saturated rings. The summed E-state index contributed by atoms with van der Waals surface area (Å²) in [5.41, 5.74) is 5.51. The molecule has 0 radical (unpaired) electrons. The van der Waals surface area contributed by atoms with E-state index in [1.807, 2.05) is 13.8 Å². The van der Waals surface area contributed by atoms with Gasteiger partial charge in [0.2, 0.25) is 11.8 Å². The summed E-state index contributed by atoms with van der Waals surface area (Å²) in [7, 11) is 0. The van der Waals surface area contributed by atoms with Crippen LogP contribution in [-0.2, 0) is 14.4 Å². The number of nitrogens with zero attached hydrogens (tertiary/aromatic N) is 1. The maximum absolute atomic E-state index is 11.9. The molecule has 7 heteroatoms. The van der Waals surface area contributed by atoms with Crippen molar-refractivity contribution < 1.29 is 19.5 Å². The summed E-state index contributed by atoms with van der Waals surface area (Å²) in [6.07, 6.45) is 4.76. The molecule has 0 aliphatic carbocycles. The molecule has 3 unspecified atom stereocenters. The Morgan fingerprint density at radius 3 is 2.08 bits per heavy atom. The number of rotatable bonds is 4. The lowest BCUT2D eigenvalue weighted by atomic mass is 10.1. The Morgan fingerprint density at radius 1 is 1.25 bits per heavy atom. The zero-order valence-electron chi connectivity index (χ0n) is 15.1. The second-order valence-electron chi connectivity index (χ2n) is 5.36. The predicted octanol–water partition coefficient (Wildman–Crippen LogP) is 1.30. The van der Waals surface area contributed by atoms with Crippen LogP contribution in [0.1, 0.15) is 40.5 Å². The lowest BCUT2D eigenvalue weighted by Gasteiger charge is -2.26. The van der Waals surface area contributed by atoms with Crippen LogP contribution in [0.3, 0.4) is 0 Å².